The molecule has 1 aromatic rings. The predicted molar refractivity (Wildman–Crippen MR) is 70.8 cm³/mol. The Morgan fingerprint density at radius 3 is 2.90 bits per heavy atom. The number of hydrogen-bond acceptors (Lipinski definition) is 3. The zero-order chi connectivity index (χ0) is 15.5. The van der Waals surface area contributed by atoms with Crippen LogP contribution in [0, 0.1) is 0 Å². The van der Waals surface area contributed by atoms with Crippen LogP contribution in [-0.4, -0.2) is 52.4 Å². The van der Waals surface area contributed by atoms with Crippen LogP contribution in [0.3, 0.4) is 0 Å². The summed E-state index contributed by atoms with van der Waals surface area (Å²) < 4.78 is 38.2. The van der Waals surface area contributed by atoms with Gasteiger partial charge in [-0.05, 0) is 25.5 Å². The van der Waals surface area contributed by atoms with E-state index in [9.17, 15) is 18.0 Å². The highest BCUT2D eigenvalue weighted by Crippen LogP contribution is 2.21. The van der Waals surface area contributed by atoms with Crippen LogP contribution < -0.4 is 5.32 Å². The molecule has 0 radical (unpaired) electrons. The highest BCUT2D eigenvalue weighted by molar-refractivity contribution is 5.92. The van der Waals surface area contributed by atoms with Gasteiger partial charge in [0.25, 0.3) is 5.91 Å². The van der Waals surface area contributed by atoms with Gasteiger partial charge in [0.1, 0.15) is 5.69 Å². The monoisotopic (exact) mass is 304 g/mol. The second-order valence-corrected chi connectivity index (χ2v) is 5.35. The summed E-state index contributed by atoms with van der Waals surface area (Å²) in [5.74, 6) is -0.279. The lowest BCUT2D eigenvalue weighted by Gasteiger charge is -2.33. The van der Waals surface area contributed by atoms with E-state index in [4.69, 9.17) is 0 Å². The van der Waals surface area contributed by atoms with E-state index in [1.807, 2.05) is 0 Å². The maximum absolute atomic E-state index is 12.2. The molecule has 0 spiro atoms. The molecular formula is C13H19F3N4O. The van der Waals surface area contributed by atoms with Crippen molar-refractivity contribution in [2.45, 2.75) is 31.5 Å². The summed E-state index contributed by atoms with van der Waals surface area (Å²) in [6, 6.07) is 1.49. The summed E-state index contributed by atoms with van der Waals surface area (Å²) in [6.45, 7) is 1.08. The SMILES string of the molecule is Cn1ccc(C(=O)NC2CCCN(CCC(F)(F)F)C2)n1. The third-order valence-electron chi connectivity index (χ3n) is 3.50. The molecule has 1 aliphatic rings. The molecule has 1 aliphatic heterocycles. The number of carbonyl (C=O) groups is 1. The minimum atomic E-state index is -4.13. The molecule has 1 amide bonds. The maximum Gasteiger partial charge on any atom is 0.390 e. The molecule has 1 N–H and O–H groups in total. The molecule has 21 heavy (non-hydrogen) atoms. The number of alkyl halides is 3. The molecule has 0 bridgehead atoms. The highest BCUT2D eigenvalue weighted by Gasteiger charge is 2.29. The number of nitrogens with zero attached hydrogens (tertiary/aromatic N) is 3. The fraction of sp³-hybridized carbons (Fsp3) is 0.692. The van der Waals surface area contributed by atoms with Gasteiger partial charge < -0.3 is 10.2 Å². The average molecular weight is 304 g/mol. The molecule has 0 saturated carbocycles. The van der Waals surface area contributed by atoms with Gasteiger partial charge in [-0.15, -0.1) is 0 Å². The van der Waals surface area contributed by atoms with Gasteiger partial charge in [-0.1, -0.05) is 0 Å². The maximum atomic E-state index is 12.2. The summed E-state index contributed by atoms with van der Waals surface area (Å²) in [6.07, 6.45) is -1.71. The zero-order valence-electron chi connectivity index (χ0n) is 11.9. The molecule has 2 rings (SSSR count). The quantitative estimate of drug-likeness (QED) is 0.918. The molecule has 0 aliphatic carbocycles. The van der Waals surface area contributed by atoms with Gasteiger partial charge >= 0.3 is 6.18 Å². The number of hydrogen-bond donors (Lipinski definition) is 1. The topological polar surface area (TPSA) is 50.2 Å². The van der Waals surface area contributed by atoms with Crippen LogP contribution in [0.5, 0.6) is 0 Å². The van der Waals surface area contributed by atoms with E-state index in [0.717, 1.165) is 12.8 Å². The van der Waals surface area contributed by atoms with Crippen LogP contribution in [0.15, 0.2) is 12.3 Å². The van der Waals surface area contributed by atoms with Gasteiger partial charge in [-0.25, -0.2) is 0 Å². The van der Waals surface area contributed by atoms with Gasteiger partial charge in [-0.3, -0.25) is 9.48 Å². The summed E-state index contributed by atoms with van der Waals surface area (Å²) in [5.41, 5.74) is 0.324. The van der Waals surface area contributed by atoms with Crippen LogP contribution in [-0.2, 0) is 7.05 Å². The van der Waals surface area contributed by atoms with Crippen molar-refractivity contribution in [1.29, 1.82) is 0 Å². The van der Waals surface area contributed by atoms with Crippen molar-refractivity contribution in [3.05, 3.63) is 18.0 Å². The fourth-order valence-electron chi connectivity index (χ4n) is 2.46. The van der Waals surface area contributed by atoms with E-state index in [1.54, 1.807) is 24.2 Å². The molecule has 1 fully saturated rings. The van der Waals surface area contributed by atoms with Crippen molar-refractivity contribution < 1.29 is 18.0 Å². The van der Waals surface area contributed by atoms with Gasteiger partial charge in [0, 0.05) is 32.4 Å². The van der Waals surface area contributed by atoms with Gasteiger partial charge in [-0.2, -0.15) is 18.3 Å². The number of carbonyl (C=O) groups excluding carboxylic acids is 1. The first kappa shape index (κ1) is 15.8. The number of nitrogens with one attached hydrogen (secondary N) is 1. The first-order valence-electron chi connectivity index (χ1n) is 6.93. The molecule has 8 heteroatoms. The van der Waals surface area contributed by atoms with E-state index in [-0.39, 0.29) is 18.5 Å². The van der Waals surface area contributed by atoms with Crippen LogP contribution in [0.25, 0.3) is 0 Å². The second-order valence-electron chi connectivity index (χ2n) is 5.35. The Labute approximate surface area is 121 Å². The van der Waals surface area contributed by atoms with Crippen LogP contribution in [0.4, 0.5) is 13.2 Å². The van der Waals surface area contributed by atoms with E-state index in [2.05, 4.69) is 10.4 Å². The Morgan fingerprint density at radius 1 is 1.52 bits per heavy atom. The number of halogens is 3. The first-order chi connectivity index (χ1) is 9.83. The Morgan fingerprint density at radius 2 is 2.29 bits per heavy atom. The summed E-state index contributed by atoms with van der Waals surface area (Å²) in [5, 5.41) is 6.84. The molecule has 0 aromatic carbocycles. The fourth-order valence-corrected chi connectivity index (χ4v) is 2.46. The molecule has 1 aromatic heterocycles. The Bertz CT molecular complexity index is 486. The standard InChI is InChI=1S/C13H19F3N4O/c1-19-7-4-11(18-19)12(21)17-10-3-2-6-20(9-10)8-5-13(14,15)16/h4,7,10H,2-3,5-6,8-9H2,1H3,(H,17,21). The number of aromatic nitrogens is 2. The third kappa shape index (κ3) is 5.04. The molecule has 1 atom stereocenters. The molecule has 1 saturated heterocycles. The highest BCUT2D eigenvalue weighted by atomic mass is 19.4. The van der Waals surface area contributed by atoms with E-state index < -0.39 is 12.6 Å². The van der Waals surface area contributed by atoms with Gasteiger partial charge in [0.05, 0.1) is 6.42 Å². The minimum Gasteiger partial charge on any atom is -0.347 e. The van der Waals surface area contributed by atoms with Crippen LogP contribution in [0.2, 0.25) is 0 Å². The second kappa shape index (κ2) is 6.46. The summed E-state index contributed by atoms with van der Waals surface area (Å²) in [4.78, 5) is 13.7. The average Bonchev–Trinajstić information content (AvgIpc) is 2.83. The van der Waals surface area contributed by atoms with Crippen molar-refractivity contribution in [3.8, 4) is 0 Å². The Kier molecular flexibility index (Phi) is 4.87. The lowest BCUT2D eigenvalue weighted by molar-refractivity contribution is -0.138. The van der Waals surface area contributed by atoms with Gasteiger partial charge in [0.15, 0.2) is 0 Å². The predicted octanol–water partition coefficient (Wildman–Crippen LogP) is 1.57. The molecule has 2 heterocycles. The van der Waals surface area contributed by atoms with E-state index in [0.29, 0.717) is 18.8 Å². The van der Waals surface area contributed by atoms with Crippen molar-refractivity contribution in [2.75, 3.05) is 19.6 Å². The van der Waals surface area contributed by atoms with Gasteiger partial charge in [0.2, 0.25) is 0 Å². The Balaban J connectivity index is 1.82. The normalized spacial score (nSPS) is 20.5. The Hall–Kier alpha value is -1.57. The molecule has 1 unspecified atom stereocenters. The van der Waals surface area contributed by atoms with Crippen molar-refractivity contribution in [1.82, 2.24) is 20.0 Å². The lowest BCUT2D eigenvalue weighted by atomic mass is 10.1. The number of aryl methyl sites for hydroxylation is 1. The number of likely N-dealkylation sites (tertiary alicyclic amines) is 1. The van der Waals surface area contributed by atoms with Crippen molar-refractivity contribution in [2.24, 2.45) is 7.05 Å². The smallest absolute Gasteiger partial charge is 0.347 e. The van der Waals surface area contributed by atoms with Crippen molar-refractivity contribution >= 4 is 5.91 Å². The van der Waals surface area contributed by atoms with E-state index >= 15 is 0 Å². The first-order valence-corrected chi connectivity index (χ1v) is 6.93. The summed E-state index contributed by atoms with van der Waals surface area (Å²) >= 11 is 0. The minimum absolute atomic E-state index is 0.0144. The largest absolute Gasteiger partial charge is 0.390 e. The third-order valence-corrected chi connectivity index (χ3v) is 3.50. The zero-order valence-corrected chi connectivity index (χ0v) is 11.9. The number of rotatable bonds is 4. The van der Waals surface area contributed by atoms with Crippen molar-refractivity contribution in [3.63, 3.8) is 0 Å². The summed E-state index contributed by atoms with van der Waals surface area (Å²) in [7, 11) is 1.72. The molecular weight excluding hydrogens is 285 g/mol. The van der Waals surface area contributed by atoms with Crippen LogP contribution >= 0.6 is 0 Å². The lowest BCUT2D eigenvalue weighted by Crippen LogP contribution is -2.48. The molecule has 5 nitrogen and oxygen atoms in total. The number of piperidine rings is 1. The number of amides is 1. The van der Waals surface area contributed by atoms with Crippen LogP contribution in [0.1, 0.15) is 29.8 Å². The van der Waals surface area contributed by atoms with E-state index in [1.165, 1.54) is 4.68 Å². The molecule has 118 valence electrons.